The molecule has 0 radical (unpaired) electrons. The van der Waals surface area contributed by atoms with E-state index >= 15 is 0 Å². The highest BCUT2D eigenvalue weighted by molar-refractivity contribution is 7.86. The first-order valence-corrected chi connectivity index (χ1v) is 9.94. The Morgan fingerprint density at radius 3 is 1.82 bits per heavy atom. The summed E-state index contributed by atoms with van der Waals surface area (Å²) in [4.78, 5) is 12.3. The average molecular weight is 427 g/mol. The van der Waals surface area contributed by atoms with E-state index in [-0.39, 0.29) is 22.9 Å². The van der Waals surface area contributed by atoms with Crippen molar-refractivity contribution in [1.82, 2.24) is 25.4 Å². The van der Waals surface area contributed by atoms with E-state index in [1.165, 1.54) is 6.07 Å². The molecule has 0 saturated heterocycles. The van der Waals surface area contributed by atoms with Crippen LogP contribution in [0.4, 0.5) is 0 Å². The summed E-state index contributed by atoms with van der Waals surface area (Å²) in [6, 6.07) is 5.08. The third-order valence-electron chi connectivity index (χ3n) is 3.37. The SMILES string of the molecule is O=c1[nH]c(-c2nnc(-c3ccc(S(=O)(=O)O)c(O)c3)nn2)ccc1S(=O)(=O)O. The number of benzene rings is 1. The van der Waals surface area contributed by atoms with Crippen molar-refractivity contribution in [2.24, 2.45) is 0 Å². The van der Waals surface area contributed by atoms with E-state index in [1.807, 2.05) is 0 Å². The second-order valence-corrected chi connectivity index (χ2v) is 8.03. The number of hydrogen-bond acceptors (Lipinski definition) is 10. The predicted molar refractivity (Wildman–Crippen MR) is 90.4 cm³/mol. The van der Waals surface area contributed by atoms with Crippen molar-refractivity contribution in [3.63, 3.8) is 0 Å². The van der Waals surface area contributed by atoms with Crippen LogP contribution in [0.5, 0.6) is 5.75 Å². The van der Waals surface area contributed by atoms with E-state index in [2.05, 4.69) is 25.4 Å². The van der Waals surface area contributed by atoms with Crippen molar-refractivity contribution >= 4 is 20.2 Å². The van der Waals surface area contributed by atoms with Gasteiger partial charge < -0.3 is 10.1 Å². The number of nitrogens with zero attached hydrogens (tertiary/aromatic N) is 4. The van der Waals surface area contributed by atoms with Crippen LogP contribution in [0.1, 0.15) is 0 Å². The normalized spacial score (nSPS) is 12.1. The van der Waals surface area contributed by atoms with Gasteiger partial charge in [0.25, 0.3) is 25.8 Å². The number of H-pyrrole nitrogens is 1. The average Bonchev–Trinajstić information content (AvgIpc) is 2.59. The second kappa shape index (κ2) is 6.71. The van der Waals surface area contributed by atoms with Gasteiger partial charge in [-0.2, -0.15) is 16.8 Å². The number of hydrogen-bond donors (Lipinski definition) is 4. The van der Waals surface area contributed by atoms with Gasteiger partial charge in [0.1, 0.15) is 10.6 Å². The monoisotopic (exact) mass is 427 g/mol. The Bertz CT molecular complexity index is 1330. The van der Waals surface area contributed by atoms with Gasteiger partial charge in [0.15, 0.2) is 4.90 Å². The zero-order valence-corrected chi connectivity index (χ0v) is 15.0. The van der Waals surface area contributed by atoms with Crippen LogP contribution in [0.25, 0.3) is 22.9 Å². The molecule has 0 saturated carbocycles. The summed E-state index contributed by atoms with van der Waals surface area (Å²) in [7, 11) is -9.30. The molecule has 15 heteroatoms. The van der Waals surface area contributed by atoms with Gasteiger partial charge in [0.2, 0.25) is 11.6 Å². The van der Waals surface area contributed by atoms with E-state index in [0.717, 1.165) is 24.3 Å². The van der Waals surface area contributed by atoms with E-state index in [9.17, 15) is 26.7 Å². The first-order valence-electron chi connectivity index (χ1n) is 7.06. The standard InChI is InChI=1S/C13H9N5O8S2/c19-8-5-6(1-3-9(8)27(21,22)23)11-15-17-12(18-16-11)7-2-4-10(13(20)14-7)28(24,25)26/h1-5,19H,(H,14,20)(H,21,22,23)(H,24,25,26). The first-order chi connectivity index (χ1) is 13.0. The Balaban J connectivity index is 1.96. The Kier molecular flexibility index (Phi) is 4.67. The number of phenols is 1. The highest BCUT2D eigenvalue weighted by atomic mass is 32.2. The minimum absolute atomic E-state index is 0.0338. The zero-order valence-electron chi connectivity index (χ0n) is 13.4. The van der Waals surface area contributed by atoms with Crippen LogP contribution in [0, 0.1) is 0 Å². The zero-order chi connectivity index (χ0) is 20.7. The van der Waals surface area contributed by atoms with E-state index < -0.39 is 41.3 Å². The Morgan fingerprint density at radius 2 is 1.32 bits per heavy atom. The maximum absolute atomic E-state index is 11.7. The maximum atomic E-state index is 11.7. The molecule has 0 aliphatic carbocycles. The molecule has 1 aromatic carbocycles. The molecule has 0 bridgehead atoms. The summed E-state index contributed by atoms with van der Waals surface area (Å²) in [6.45, 7) is 0. The molecule has 3 rings (SSSR count). The molecule has 4 N–H and O–H groups in total. The van der Waals surface area contributed by atoms with Gasteiger partial charge in [-0.25, -0.2) is 0 Å². The van der Waals surface area contributed by atoms with Gasteiger partial charge in [0, 0.05) is 5.56 Å². The van der Waals surface area contributed by atoms with Crippen LogP contribution >= 0.6 is 0 Å². The molecule has 0 unspecified atom stereocenters. The quantitative estimate of drug-likeness (QED) is 0.387. The van der Waals surface area contributed by atoms with E-state index in [1.54, 1.807) is 0 Å². The molecule has 28 heavy (non-hydrogen) atoms. The molecule has 0 aliphatic heterocycles. The van der Waals surface area contributed by atoms with Crippen molar-refractivity contribution in [1.29, 1.82) is 0 Å². The summed E-state index contributed by atoms with van der Waals surface area (Å²) in [5.74, 6) is -1.03. The third-order valence-corrected chi connectivity index (χ3v) is 5.14. The molecule has 0 aliphatic rings. The summed E-state index contributed by atoms with van der Waals surface area (Å²) >= 11 is 0. The second-order valence-electron chi connectivity index (χ2n) is 5.25. The first kappa shape index (κ1) is 19.5. The van der Waals surface area contributed by atoms with Crippen LogP contribution in [0.2, 0.25) is 0 Å². The molecule has 13 nitrogen and oxygen atoms in total. The van der Waals surface area contributed by atoms with Crippen LogP contribution in [0.3, 0.4) is 0 Å². The number of aromatic nitrogens is 5. The Morgan fingerprint density at radius 1 is 0.786 bits per heavy atom. The van der Waals surface area contributed by atoms with Crippen molar-refractivity contribution in [2.75, 3.05) is 0 Å². The molecule has 0 fully saturated rings. The molecule has 146 valence electrons. The summed E-state index contributed by atoms with van der Waals surface area (Å²) in [6.07, 6.45) is 0. The molecule has 2 heterocycles. The van der Waals surface area contributed by atoms with Crippen molar-refractivity contribution < 1.29 is 31.0 Å². The maximum Gasteiger partial charge on any atom is 0.300 e. The lowest BCUT2D eigenvalue weighted by Gasteiger charge is -2.04. The van der Waals surface area contributed by atoms with E-state index in [0.29, 0.717) is 0 Å². The van der Waals surface area contributed by atoms with Crippen LogP contribution in [-0.4, -0.2) is 56.4 Å². The number of aromatic amines is 1. The van der Waals surface area contributed by atoms with Crippen LogP contribution < -0.4 is 5.56 Å². The minimum Gasteiger partial charge on any atom is -0.506 e. The number of aromatic hydroxyl groups is 1. The van der Waals surface area contributed by atoms with Gasteiger partial charge in [-0.1, -0.05) is 0 Å². The van der Waals surface area contributed by atoms with Crippen LogP contribution in [-0.2, 0) is 20.2 Å². The lowest BCUT2D eigenvalue weighted by atomic mass is 10.2. The van der Waals surface area contributed by atoms with Gasteiger partial charge in [0.05, 0.1) is 5.69 Å². The van der Waals surface area contributed by atoms with E-state index in [4.69, 9.17) is 9.11 Å². The third kappa shape index (κ3) is 3.86. The highest BCUT2D eigenvalue weighted by Gasteiger charge is 2.18. The molecule has 0 spiro atoms. The fraction of sp³-hybridized carbons (Fsp3) is 0. The predicted octanol–water partition coefficient (Wildman–Crippen LogP) is -0.512. The number of pyridine rings is 1. The number of nitrogens with one attached hydrogen (secondary N) is 1. The van der Waals surface area contributed by atoms with Crippen molar-refractivity contribution in [3.05, 3.63) is 40.7 Å². The summed E-state index contributed by atoms with van der Waals surface area (Å²) in [5.41, 5.74) is -1.00. The Labute approximate surface area is 156 Å². The van der Waals surface area contributed by atoms with Gasteiger partial charge in [-0.3, -0.25) is 13.9 Å². The number of phenolic OH excluding ortho intramolecular Hbond substituents is 1. The topological polar surface area (TPSA) is 213 Å². The summed E-state index contributed by atoms with van der Waals surface area (Å²) in [5, 5.41) is 24.6. The van der Waals surface area contributed by atoms with Gasteiger partial charge in [-0.05, 0) is 30.3 Å². The molecule has 0 amide bonds. The van der Waals surface area contributed by atoms with Crippen molar-refractivity contribution in [2.45, 2.75) is 9.79 Å². The molecular formula is C13H9N5O8S2. The Hall–Kier alpha value is -3.27. The van der Waals surface area contributed by atoms with Crippen molar-refractivity contribution in [3.8, 4) is 28.7 Å². The molecule has 0 atom stereocenters. The number of rotatable bonds is 4. The fourth-order valence-corrected chi connectivity index (χ4v) is 3.21. The molecular weight excluding hydrogens is 418 g/mol. The largest absolute Gasteiger partial charge is 0.506 e. The van der Waals surface area contributed by atoms with Gasteiger partial charge in [-0.15, -0.1) is 20.4 Å². The summed E-state index contributed by atoms with van der Waals surface area (Å²) < 4.78 is 62.1. The van der Waals surface area contributed by atoms with Gasteiger partial charge >= 0.3 is 0 Å². The highest BCUT2D eigenvalue weighted by Crippen LogP contribution is 2.27. The minimum atomic E-state index is -4.69. The fourth-order valence-electron chi connectivity index (χ4n) is 2.12. The van der Waals surface area contributed by atoms with Crippen LogP contribution in [0.15, 0.2) is 44.9 Å². The lowest BCUT2D eigenvalue weighted by Crippen LogP contribution is -2.17. The molecule has 3 aromatic rings. The lowest BCUT2D eigenvalue weighted by molar-refractivity contribution is 0.443. The smallest absolute Gasteiger partial charge is 0.300 e. The molecule has 2 aromatic heterocycles.